The maximum Gasteiger partial charge on any atom is 0.256 e. The Hall–Kier alpha value is -1.91. The number of nitrogens with one attached hydrogen (secondary N) is 2. The fourth-order valence-corrected chi connectivity index (χ4v) is 4.38. The van der Waals surface area contributed by atoms with Crippen molar-refractivity contribution < 1.29 is 4.79 Å². The second kappa shape index (κ2) is 5.95. The first-order chi connectivity index (χ1) is 11.2. The van der Waals surface area contributed by atoms with Gasteiger partial charge in [-0.05, 0) is 68.6 Å². The molecular weight excluding hydrogens is 304 g/mol. The van der Waals surface area contributed by atoms with Crippen molar-refractivity contribution in [2.75, 3.05) is 18.4 Å². The molecule has 0 unspecified atom stereocenters. The first-order valence-electron chi connectivity index (χ1n) is 8.16. The van der Waals surface area contributed by atoms with E-state index in [1.54, 1.807) is 11.3 Å². The zero-order chi connectivity index (χ0) is 15.8. The molecule has 1 aromatic heterocycles. The average Bonchev–Trinajstić information content (AvgIpc) is 3.12. The Balaban J connectivity index is 1.80. The molecule has 2 aliphatic heterocycles. The molecule has 0 radical (unpaired) electrons. The summed E-state index contributed by atoms with van der Waals surface area (Å²) in [4.78, 5) is 14.9. The van der Waals surface area contributed by atoms with E-state index in [9.17, 15) is 4.79 Å². The molecule has 0 saturated carbocycles. The summed E-state index contributed by atoms with van der Waals surface area (Å²) in [7, 11) is 0. The molecule has 0 spiro atoms. The van der Waals surface area contributed by atoms with E-state index < -0.39 is 0 Å². The number of amides is 1. The molecule has 1 aromatic carbocycles. The van der Waals surface area contributed by atoms with Gasteiger partial charge in [0.15, 0.2) is 0 Å². The minimum absolute atomic E-state index is 0.0208. The summed E-state index contributed by atoms with van der Waals surface area (Å²) >= 11 is 1.73. The Kier molecular flexibility index (Phi) is 3.79. The van der Waals surface area contributed by atoms with Crippen molar-refractivity contribution in [2.45, 2.75) is 25.7 Å². The van der Waals surface area contributed by atoms with Crippen molar-refractivity contribution in [2.24, 2.45) is 0 Å². The number of thiophene rings is 1. The molecule has 23 heavy (non-hydrogen) atoms. The van der Waals surface area contributed by atoms with Crippen LogP contribution in [0.3, 0.4) is 0 Å². The minimum atomic E-state index is 0.0208. The zero-order valence-corrected chi connectivity index (χ0v) is 14.0. The van der Waals surface area contributed by atoms with Gasteiger partial charge in [0.1, 0.15) is 0 Å². The maximum absolute atomic E-state index is 12.5. The summed E-state index contributed by atoms with van der Waals surface area (Å²) in [5.41, 5.74) is 4.22. The Morgan fingerprint density at radius 3 is 2.74 bits per heavy atom. The van der Waals surface area contributed by atoms with Crippen LogP contribution in [-0.2, 0) is 4.79 Å². The molecule has 0 atom stereocenters. The topological polar surface area (TPSA) is 41.1 Å². The van der Waals surface area contributed by atoms with Gasteiger partial charge in [0.05, 0.1) is 5.57 Å². The van der Waals surface area contributed by atoms with Gasteiger partial charge in [-0.2, -0.15) is 0 Å². The highest BCUT2D eigenvalue weighted by Crippen LogP contribution is 2.41. The molecule has 0 aliphatic carbocycles. The van der Waals surface area contributed by atoms with Crippen molar-refractivity contribution in [3.63, 3.8) is 0 Å². The third-order valence-corrected chi connectivity index (χ3v) is 5.63. The standard InChI is InChI=1S/C19H20N2OS/c1-12-5-6-14(23-12)11-16-18-15(13-7-9-20-10-8-13)3-2-4-17(18)21-19(16)22/h2-6,11,13,20H,7-10H2,1H3,(H,21,22)/b16-11-. The van der Waals surface area contributed by atoms with E-state index >= 15 is 0 Å². The maximum atomic E-state index is 12.5. The van der Waals surface area contributed by atoms with Gasteiger partial charge in [0.2, 0.25) is 0 Å². The summed E-state index contributed by atoms with van der Waals surface area (Å²) < 4.78 is 0. The van der Waals surface area contributed by atoms with E-state index in [0.29, 0.717) is 5.92 Å². The molecule has 4 rings (SSSR count). The molecule has 2 N–H and O–H groups in total. The largest absolute Gasteiger partial charge is 0.321 e. The van der Waals surface area contributed by atoms with Gasteiger partial charge in [0, 0.05) is 21.0 Å². The van der Waals surface area contributed by atoms with Crippen molar-refractivity contribution in [3.05, 3.63) is 51.2 Å². The molecule has 1 saturated heterocycles. The lowest BCUT2D eigenvalue weighted by atomic mass is 9.85. The average molecular weight is 324 g/mol. The number of anilines is 1. The molecule has 1 amide bonds. The lowest BCUT2D eigenvalue weighted by Gasteiger charge is -2.24. The highest BCUT2D eigenvalue weighted by Gasteiger charge is 2.30. The summed E-state index contributed by atoms with van der Waals surface area (Å²) in [6, 6.07) is 10.5. The smallest absolute Gasteiger partial charge is 0.256 e. The number of hydrogen-bond donors (Lipinski definition) is 2. The predicted octanol–water partition coefficient (Wildman–Crippen LogP) is 4.02. The van der Waals surface area contributed by atoms with Crippen molar-refractivity contribution in [1.29, 1.82) is 0 Å². The Labute approximate surface area is 140 Å². The summed E-state index contributed by atoms with van der Waals surface area (Å²) in [5, 5.41) is 6.46. The van der Waals surface area contributed by atoms with Gasteiger partial charge in [-0.25, -0.2) is 0 Å². The second-order valence-electron chi connectivity index (χ2n) is 6.25. The Morgan fingerprint density at radius 1 is 1.17 bits per heavy atom. The Morgan fingerprint density at radius 2 is 2.00 bits per heavy atom. The minimum Gasteiger partial charge on any atom is -0.321 e. The van der Waals surface area contributed by atoms with Crippen molar-refractivity contribution >= 4 is 34.6 Å². The Bertz CT molecular complexity index is 784. The first kappa shape index (κ1) is 14.7. The van der Waals surface area contributed by atoms with Crippen LogP contribution in [0.25, 0.3) is 11.6 Å². The molecule has 3 nitrogen and oxygen atoms in total. The number of benzene rings is 1. The van der Waals surface area contributed by atoms with Gasteiger partial charge in [0.25, 0.3) is 5.91 Å². The third-order valence-electron chi connectivity index (χ3n) is 4.69. The molecular formula is C19H20N2OS. The van der Waals surface area contributed by atoms with Crippen LogP contribution in [0.5, 0.6) is 0 Å². The fraction of sp³-hybridized carbons (Fsp3) is 0.316. The highest BCUT2D eigenvalue weighted by atomic mass is 32.1. The van der Waals surface area contributed by atoms with Crippen LogP contribution in [0.15, 0.2) is 30.3 Å². The molecule has 0 bridgehead atoms. The predicted molar refractivity (Wildman–Crippen MR) is 96.8 cm³/mol. The van der Waals surface area contributed by atoms with E-state index in [-0.39, 0.29) is 5.91 Å². The number of carbonyl (C=O) groups is 1. The van der Waals surface area contributed by atoms with Crippen LogP contribution in [0, 0.1) is 6.92 Å². The number of carbonyl (C=O) groups excluding carboxylic acids is 1. The van der Waals surface area contributed by atoms with Gasteiger partial charge in [-0.15, -0.1) is 11.3 Å². The van der Waals surface area contributed by atoms with Crippen molar-refractivity contribution in [1.82, 2.24) is 5.32 Å². The third kappa shape index (κ3) is 2.73. The molecule has 118 valence electrons. The van der Waals surface area contributed by atoms with Crippen molar-refractivity contribution in [3.8, 4) is 0 Å². The van der Waals surface area contributed by atoms with Crippen LogP contribution in [0.4, 0.5) is 5.69 Å². The number of fused-ring (bicyclic) bond motifs is 1. The quantitative estimate of drug-likeness (QED) is 0.819. The first-order valence-corrected chi connectivity index (χ1v) is 8.97. The van der Waals surface area contributed by atoms with E-state index in [2.05, 4.69) is 41.8 Å². The van der Waals surface area contributed by atoms with Gasteiger partial charge in [-0.1, -0.05) is 12.1 Å². The van der Waals surface area contributed by atoms with Crippen LogP contribution < -0.4 is 10.6 Å². The monoisotopic (exact) mass is 324 g/mol. The van der Waals surface area contributed by atoms with E-state index in [1.165, 1.54) is 10.4 Å². The van der Waals surface area contributed by atoms with Crippen LogP contribution in [-0.4, -0.2) is 19.0 Å². The summed E-state index contributed by atoms with van der Waals surface area (Å²) in [6.07, 6.45) is 4.31. The number of aryl methyl sites for hydroxylation is 1. The zero-order valence-electron chi connectivity index (χ0n) is 13.2. The molecule has 4 heteroatoms. The van der Waals surface area contributed by atoms with E-state index in [0.717, 1.165) is 47.6 Å². The summed E-state index contributed by atoms with van der Waals surface area (Å²) in [5.74, 6) is 0.555. The molecule has 2 aromatic rings. The SMILES string of the molecule is Cc1ccc(/C=C2\C(=O)Nc3cccc(C4CCNCC4)c32)s1. The fourth-order valence-electron chi connectivity index (χ4n) is 3.56. The lowest BCUT2D eigenvalue weighted by molar-refractivity contribution is -0.110. The second-order valence-corrected chi connectivity index (χ2v) is 7.57. The molecule has 1 fully saturated rings. The molecule has 2 aliphatic rings. The number of rotatable bonds is 2. The van der Waals surface area contributed by atoms with Gasteiger partial charge in [-0.3, -0.25) is 4.79 Å². The lowest BCUT2D eigenvalue weighted by Crippen LogP contribution is -2.27. The van der Waals surface area contributed by atoms with Gasteiger partial charge >= 0.3 is 0 Å². The normalized spacial score (nSPS) is 19.9. The van der Waals surface area contributed by atoms with E-state index in [4.69, 9.17) is 0 Å². The van der Waals surface area contributed by atoms with Crippen LogP contribution in [0.1, 0.15) is 39.6 Å². The van der Waals surface area contributed by atoms with E-state index in [1.807, 2.05) is 12.1 Å². The number of hydrogen-bond acceptors (Lipinski definition) is 3. The highest BCUT2D eigenvalue weighted by molar-refractivity contribution is 7.12. The van der Waals surface area contributed by atoms with Crippen LogP contribution in [0.2, 0.25) is 0 Å². The summed E-state index contributed by atoms with van der Waals surface area (Å²) in [6.45, 7) is 4.20. The van der Waals surface area contributed by atoms with Gasteiger partial charge < -0.3 is 10.6 Å². The molecule has 3 heterocycles. The van der Waals surface area contributed by atoms with Crippen LogP contribution >= 0.6 is 11.3 Å². The number of piperidine rings is 1.